The molecular formula is C36H48F4O4. The maximum absolute atomic E-state index is 15.0. The summed E-state index contributed by atoms with van der Waals surface area (Å²) in [5.41, 5.74) is 0.437. The van der Waals surface area contributed by atoms with Gasteiger partial charge in [0.15, 0.2) is 23.1 Å². The summed E-state index contributed by atoms with van der Waals surface area (Å²) in [6, 6.07) is 5.80. The minimum absolute atomic E-state index is 0.00738. The van der Waals surface area contributed by atoms with Gasteiger partial charge in [-0.05, 0) is 106 Å². The van der Waals surface area contributed by atoms with Gasteiger partial charge >= 0.3 is 5.97 Å². The van der Waals surface area contributed by atoms with Gasteiger partial charge in [-0.15, -0.1) is 0 Å². The van der Waals surface area contributed by atoms with E-state index in [1.807, 2.05) is 6.92 Å². The van der Waals surface area contributed by atoms with Crippen LogP contribution in [-0.2, 0) is 4.79 Å². The van der Waals surface area contributed by atoms with E-state index in [9.17, 15) is 18.0 Å². The Kier molecular flexibility index (Phi) is 13.2. The first kappa shape index (κ1) is 34.1. The number of carbonyl (C=O) groups excluding carboxylic acids is 1. The molecule has 0 spiro atoms. The Morgan fingerprint density at radius 2 is 1.11 bits per heavy atom. The Hall–Kier alpha value is -2.77. The van der Waals surface area contributed by atoms with Crippen molar-refractivity contribution < 1.29 is 36.6 Å². The number of halogens is 4. The lowest BCUT2D eigenvalue weighted by Gasteiger charge is -2.37. The normalized spacial score (nSPS) is 22.0. The monoisotopic (exact) mass is 620 g/mol. The van der Waals surface area contributed by atoms with Crippen LogP contribution in [0.2, 0.25) is 0 Å². The number of hydrogen-bond donors (Lipinski definition) is 0. The molecule has 0 unspecified atom stereocenters. The summed E-state index contributed by atoms with van der Waals surface area (Å²) in [6.07, 6.45) is 13.3. The van der Waals surface area contributed by atoms with Crippen LogP contribution in [0.3, 0.4) is 0 Å². The minimum atomic E-state index is -1.21. The number of unbranched alkanes of at least 4 members (excludes halogenated alkanes) is 5. The standard InChI is InChI=1S/C36H48F4O4/c1-3-5-7-8-9-23-43-29-19-18-28(32(37)33(29)38)26-14-10-24(11-15-26)25-12-16-27(17-13-25)36(41)44-31-21-20-30(34(39)35(31)40)42-22-6-4-2/h18-21,24-27H,3-17,22-23H2,1-2H3. The molecule has 244 valence electrons. The highest BCUT2D eigenvalue weighted by atomic mass is 19.2. The van der Waals surface area contributed by atoms with E-state index >= 15 is 4.39 Å². The molecule has 4 rings (SSSR count). The molecule has 0 N–H and O–H groups in total. The minimum Gasteiger partial charge on any atom is -0.490 e. The van der Waals surface area contributed by atoms with Gasteiger partial charge in [0.2, 0.25) is 17.5 Å². The van der Waals surface area contributed by atoms with E-state index in [1.165, 1.54) is 18.6 Å². The van der Waals surface area contributed by atoms with Crippen LogP contribution in [0, 0.1) is 41.0 Å². The summed E-state index contributed by atoms with van der Waals surface area (Å²) in [6.45, 7) is 4.80. The van der Waals surface area contributed by atoms with E-state index in [-0.39, 0.29) is 29.9 Å². The molecule has 8 heteroatoms. The van der Waals surface area contributed by atoms with Gasteiger partial charge in [-0.3, -0.25) is 4.79 Å². The van der Waals surface area contributed by atoms with Gasteiger partial charge in [0.25, 0.3) is 0 Å². The van der Waals surface area contributed by atoms with Gasteiger partial charge in [0, 0.05) is 0 Å². The third kappa shape index (κ3) is 8.91. The second kappa shape index (κ2) is 17.1. The van der Waals surface area contributed by atoms with Crippen LogP contribution < -0.4 is 14.2 Å². The van der Waals surface area contributed by atoms with Crippen molar-refractivity contribution in [1.29, 1.82) is 0 Å². The Morgan fingerprint density at radius 3 is 1.75 bits per heavy atom. The van der Waals surface area contributed by atoms with Crippen LogP contribution >= 0.6 is 0 Å². The number of benzene rings is 2. The van der Waals surface area contributed by atoms with Crippen LogP contribution in [0.4, 0.5) is 17.6 Å². The van der Waals surface area contributed by atoms with E-state index in [1.54, 1.807) is 12.1 Å². The number of carbonyl (C=O) groups is 1. The molecule has 0 saturated heterocycles. The van der Waals surface area contributed by atoms with Crippen LogP contribution in [0.5, 0.6) is 17.2 Å². The Balaban J connectivity index is 1.21. The van der Waals surface area contributed by atoms with Gasteiger partial charge in [-0.2, -0.15) is 13.2 Å². The number of rotatable bonds is 15. The fraction of sp³-hybridized carbons (Fsp3) is 0.639. The predicted molar refractivity (Wildman–Crippen MR) is 163 cm³/mol. The lowest BCUT2D eigenvalue weighted by Crippen LogP contribution is -2.30. The SMILES string of the molecule is CCCCCCCOc1ccc(C2CCC(C3CCC(C(=O)Oc4ccc(OCCCC)c(F)c4F)CC3)CC2)c(F)c1F. The fourth-order valence-electron chi connectivity index (χ4n) is 6.81. The zero-order valence-corrected chi connectivity index (χ0v) is 26.3. The lowest BCUT2D eigenvalue weighted by atomic mass is 9.68. The summed E-state index contributed by atoms with van der Waals surface area (Å²) < 4.78 is 74.8. The highest BCUT2D eigenvalue weighted by molar-refractivity contribution is 5.75. The van der Waals surface area contributed by atoms with Gasteiger partial charge in [-0.25, -0.2) is 4.39 Å². The van der Waals surface area contributed by atoms with Crippen molar-refractivity contribution in [1.82, 2.24) is 0 Å². The summed E-state index contributed by atoms with van der Waals surface area (Å²) in [7, 11) is 0. The Labute approximate surface area is 259 Å². The molecule has 0 aromatic heterocycles. The fourth-order valence-corrected chi connectivity index (χ4v) is 6.81. The Bertz CT molecular complexity index is 1200. The maximum Gasteiger partial charge on any atom is 0.314 e. The van der Waals surface area contributed by atoms with Crippen LogP contribution in [0.15, 0.2) is 24.3 Å². The molecule has 0 radical (unpaired) electrons. The largest absolute Gasteiger partial charge is 0.490 e. The zero-order valence-electron chi connectivity index (χ0n) is 26.3. The molecule has 4 nitrogen and oxygen atoms in total. The molecular weight excluding hydrogens is 572 g/mol. The van der Waals surface area contributed by atoms with Crippen molar-refractivity contribution >= 4 is 5.97 Å². The van der Waals surface area contributed by atoms with Crippen molar-refractivity contribution in [3.63, 3.8) is 0 Å². The summed E-state index contributed by atoms with van der Waals surface area (Å²) in [5.74, 6) is -4.64. The predicted octanol–water partition coefficient (Wildman–Crippen LogP) is 10.5. The van der Waals surface area contributed by atoms with E-state index in [4.69, 9.17) is 14.2 Å². The molecule has 44 heavy (non-hydrogen) atoms. The molecule has 0 amide bonds. The van der Waals surface area contributed by atoms with E-state index in [0.29, 0.717) is 36.8 Å². The van der Waals surface area contributed by atoms with Crippen molar-refractivity contribution in [2.24, 2.45) is 17.8 Å². The van der Waals surface area contributed by atoms with Gasteiger partial charge in [0.05, 0.1) is 19.1 Å². The molecule has 0 atom stereocenters. The van der Waals surface area contributed by atoms with Gasteiger partial charge in [-0.1, -0.05) is 52.0 Å². The van der Waals surface area contributed by atoms with Gasteiger partial charge in [0.1, 0.15) is 0 Å². The zero-order chi connectivity index (χ0) is 31.5. The molecule has 2 aromatic carbocycles. The van der Waals surface area contributed by atoms with Crippen molar-refractivity contribution in [3.05, 3.63) is 53.1 Å². The average molecular weight is 621 g/mol. The van der Waals surface area contributed by atoms with Crippen LogP contribution in [-0.4, -0.2) is 19.2 Å². The highest BCUT2D eigenvalue weighted by Crippen LogP contribution is 2.45. The van der Waals surface area contributed by atoms with Crippen molar-refractivity contribution in [2.45, 2.75) is 116 Å². The van der Waals surface area contributed by atoms with Crippen LogP contribution in [0.1, 0.15) is 122 Å². The van der Waals surface area contributed by atoms with Crippen molar-refractivity contribution in [3.8, 4) is 17.2 Å². The van der Waals surface area contributed by atoms with Crippen LogP contribution in [0.25, 0.3) is 0 Å². The molecule has 2 aliphatic carbocycles. The first-order valence-electron chi connectivity index (χ1n) is 16.8. The van der Waals surface area contributed by atoms with E-state index in [2.05, 4.69) is 6.92 Å². The third-order valence-electron chi connectivity index (χ3n) is 9.54. The average Bonchev–Trinajstić information content (AvgIpc) is 3.04. The molecule has 0 bridgehead atoms. The second-order valence-electron chi connectivity index (χ2n) is 12.6. The molecule has 2 aliphatic rings. The Morgan fingerprint density at radius 1 is 0.614 bits per heavy atom. The smallest absolute Gasteiger partial charge is 0.314 e. The van der Waals surface area contributed by atoms with E-state index < -0.39 is 35.0 Å². The van der Waals surface area contributed by atoms with E-state index in [0.717, 1.165) is 77.0 Å². The number of hydrogen-bond acceptors (Lipinski definition) is 4. The number of ether oxygens (including phenoxy) is 3. The summed E-state index contributed by atoms with van der Waals surface area (Å²) >= 11 is 0. The third-order valence-corrected chi connectivity index (χ3v) is 9.54. The summed E-state index contributed by atoms with van der Waals surface area (Å²) in [4.78, 5) is 12.8. The molecule has 0 heterocycles. The lowest BCUT2D eigenvalue weighted by molar-refractivity contribution is -0.140. The van der Waals surface area contributed by atoms with Gasteiger partial charge < -0.3 is 14.2 Å². The quantitative estimate of drug-likeness (QED) is 0.0860. The maximum atomic E-state index is 15.0. The second-order valence-corrected chi connectivity index (χ2v) is 12.6. The first-order chi connectivity index (χ1) is 21.3. The molecule has 2 fully saturated rings. The first-order valence-corrected chi connectivity index (χ1v) is 16.8. The molecule has 2 saturated carbocycles. The van der Waals surface area contributed by atoms with Crippen molar-refractivity contribution in [2.75, 3.05) is 13.2 Å². The molecule has 2 aromatic rings. The highest BCUT2D eigenvalue weighted by Gasteiger charge is 2.35. The number of esters is 1. The molecule has 0 aliphatic heterocycles. The summed E-state index contributed by atoms with van der Waals surface area (Å²) in [5, 5.41) is 0. The topological polar surface area (TPSA) is 44.8 Å².